The standard InChI is InChI=1S/C27H29N3O5S/c1-17-14-18(2)27(19(3)15-17)35-26-11-6-8-22(21-16-20(33-4)12-13-23(21)34-5)30(26)36(31,32)25-10-7-9-24(28)29-25/h6-16,26H,1-5H3,(H2,28,29). The minimum Gasteiger partial charge on any atom is -0.497 e. The van der Waals surface area contributed by atoms with E-state index < -0.39 is 16.3 Å². The summed E-state index contributed by atoms with van der Waals surface area (Å²) >= 11 is 0. The number of nitrogens with zero attached hydrogens (tertiary/aromatic N) is 2. The minimum atomic E-state index is -4.23. The first-order valence-corrected chi connectivity index (χ1v) is 12.7. The third-order valence-corrected chi connectivity index (χ3v) is 7.47. The summed E-state index contributed by atoms with van der Waals surface area (Å²) in [6, 6.07) is 13.7. The molecule has 0 fully saturated rings. The van der Waals surface area contributed by atoms with Crippen molar-refractivity contribution < 1.29 is 22.6 Å². The average molecular weight is 508 g/mol. The monoisotopic (exact) mass is 507 g/mol. The van der Waals surface area contributed by atoms with Crippen LogP contribution in [0.1, 0.15) is 22.3 Å². The Kier molecular flexibility index (Phi) is 6.94. The molecule has 0 bridgehead atoms. The van der Waals surface area contributed by atoms with Crippen LogP contribution in [-0.4, -0.2) is 38.2 Å². The van der Waals surface area contributed by atoms with Crippen molar-refractivity contribution in [2.75, 3.05) is 20.0 Å². The Balaban J connectivity index is 1.91. The topological polar surface area (TPSA) is 104 Å². The van der Waals surface area contributed by atoms with Crippen LogP contribution in [0.5, 0.6) is 17.2 Å². The lowest BCUT2D eigenvalue weighted by Crippen LogP contribution is -2.43. The Morgan fingerprint density at radius 2 is 1.69 bits per heavy atom. The fourth-order valence-electron chi connectivity index (χ4n) is 4.26. The van der Waals surface area contributed by atoms with E-state index in [1.54, 1.807) is 49.6 Å². The highest BCUT2D eigenvalue weighted by Crippen LogP contribution is 2.39. The predicted octanol–water partition coefficient (Wildman–Crippen LogP) is 4.61. The van der Waals surface area contributed by atoms with Gasteiger partial charge < -0.3 is 19.9 Å². The Morgan fingerprint density at radius 3 is 2.33 bits per heavy atom. The van der Waals surface area contributed by atoms with Crippen LogP contribution in [0.2, 0.25) is 0 Å². The Hall–Kier alpha value is -3.98. The molecule has 0 saturated carbocycles. The first-order valence-electron chi connectivity index (χ1n) is 11.3. The van der Waals surface area contributed by atoms with Crippen molar-refractivity contribution in [3.63, 3.8) is 0 Å². The maximum atomic E-state index is 14.1. The summed E-state index contributed by atoms with van der Waals surface area (Å²) in [5.74, 6) is 1.72. The lowest BCUT2D eigenvalue weighted by molar-refractivity contribution is 0.164. The number of pyridine rings is 1. The van der Waals surface area contributed by atoms with Gasteiger partial charge in [0.2, 0.25) is 6.23 Å². The van der Waals surface area contributed by atoms with Gasteiger partial charge in [-0.3, -0.25) is 0 Å². The predicted molar refractivity (Wildman–Crippen MR) is 139 cm³/mol. The number of benzene rings is 2. The van der Waals surface area contributed by atoms with Crippen molar-refractivity contribution >= 4 is 21.5 Å². The van der Waals surface area contributed by atoms with E-state index in [4.69, 9.17) is 19.9 Å². The van der Waals surface area contributed by atoms with Crippen molar-refractivity contribution in [2.45, 2.75) is 32.0 Å². The number of aromatic nitrogens is 1. The van der Waals surface area contributed by atoms with Crippen LogP contribution in [0.3, 0.4) is 0 Å². The quantitative estimate of drug-likeness (QED) is 0.498. The molecule has 4 rings (SSSR count). The summed E-state index contributed by atoms with van der Waals surface area (Å²) in [6.45, 7) is 5.87. The smallest absolute Gasteiger partial charge is 0.285 e. The fraction of sp³-hybridized carbons (Fsp3) is 0.222. The normalized spacial score (nSPS) is 15.4. The molecule has 0 spiro atoms. The number of hydrogen-bond donors (Lipinski definition) is 1. The van der Waals surface area contributed by atoms with Gasteiger partial charge in [-0.1, -0.05) is 29.8 Å². The number of anilines is 1. The Bertz CT molecular complexity index is 1440. The van der Waals surface area contributed by atoms with Gasteiger partial charge in [-0.15, -0.1) is 0 Å². The molecule has 0 amide bonds. The van der Waals surface area contributed by atoms with Gasteiger partial charge in [0.1, 0.15) is 23.1 Å². The molecule has 188 valence electrons. The molecule has 9 heteroatoms. The summed E-state index contributed by atoms with van der Waals surface area (Å²) in [4.78, 5) is 4.10. The number of sulfonamides is 1. The maximum absolute atomic E-state index is 14.1. The van der Waals surface area contributed by atoms with Gasteiger partial charge in [0.15, 0.2) is 5.03 Å². The SMILES string of the molecule is COc1ccc(OC)c(C2=CC=CC(Oc3c(C)cc(C)cc3C)N2S(=O)(=O)c2cccc(N)n2)c1. The lowest BCUT2D eigenvalue weighted by atomic mass is 10.1. The molecule has 3 aromatic rings. The zero-order valence-electron chi connectivity index (χ0n) is 20.8. The number of nitrogens with two attached hydrogens (primary N) is 1. The number of hydrogen-bond acceptors (Lipinski definition) is 7. The zero-order chi connectivity index (χ0) is 26.0. The molecule has 1 aromatic heterocycles. The van der Waals surface area contributed by atoms with Crippen molar-refractivity contribution in [2.24, 2.45) is 0 Å². The second-order valence-electron chi connectivity index (χ2n) is 8.44. The average Bonchev–Trinajstić information content (AvgIpc) is 2.85. The van der Waals surface area contributed by atoms with E-state index in [0.29, 0.717) is 28.5 Å². The molecule has 8 nitrogen and oxygen atoms in total. The summed E-state index contributed by atoms with van der Waals surface area (Å²) in [7, 11) is -1.16. The molecule has 0 radical (unpaired) electrons. The third-order valence-electron chi connectivity index (χ3n) is 5.79. The van der Waals surface area contributed by atoms with Crippen LogP contribution < -0.4 is 19.9 Å². The van der Waals surface area contributed by atoms with Crippen molar-refractivity contribution in [3.8, 4) is 17.2 Å². The number of allylic oxidation sites excluding steroid dienone is 2. The molecule has 1 atom stereocenters. The molecule has 36 heavy (non-hydrogen) atoms. The first kappa shape index (κ1) is 25.1. The van der Waals surface area contributed by atoms with Gasteiger partial charge >= 0.3 is 0 Å². The van der Waals surface area contributed by atoms with Crippen LogP contribution in [-0.2, 0) is 10.0 Å². The molecule has 2 aromatic carbocycles. The van der Waals surface area contributed by atoms with E-state index in [2.05, 4.69) is 4.98 Å². The number of nitrogen functional groups attached to an aromatic ring is 1. The Morgan fingerprint density at radius 1 is 0.972 bits per heavy atom. The van der Waals surface area contributed by atoms with Gasteiger partial charge in [-0.2, -0.15) is 8.42 Å². The lowest BCUT2D eigenvalue weighted by Gasteiger charge is -2.35. The summed E-state index contributed by atoms with van der Waals surface area (Å²) in [6.07, 6.45) is 4.12. The van der Waals surface area contributed by atoms with Crippen molar-refractivity contribution in [1.82, 2.24) is 9.29 Å². The van der Waals surface area contributed by atoms with E-state index in [0.717, 1.165) is 16.7 Å². The maximum Gasteiger partial charge on any atom is 0.285 e. The number of aryl methyl sites for hydroxylation is 3. The highest BCUT2D eigenvalue weighted by Gasteiger charge is 2.38. The minimum absolute atomic E-state index is 0.0933. The van der Waals surface area contributed by atoms with Crippen LogP contribution in [0.15, 0.2) is 71.8 Å². The van der Waals surface area contributed by atoms with E-state index in [-0.39, 0.29) is 10.8 Å². The van der Waals surface area contributed by atoms with E-state index >= 15 is 0 Å². The number of methoxy groups -OCH3 is 2. The molecule has 1 aliphatic rings. The Labute approximate surface area is 211 Å². The van der Waals surface area contributed by atoms with E-state index in [1.165, 1.54) is 23.5 Å². The van der Waals surface area contributed by atoms with Gasteiger partial charge in [0.25, 0.3) is 10.0 Å². The van der Waals surface area contributed by atoms with Crippen LogP contribution in [0, 0.1) is 20.8 Å². The molecule has 1 unspecified atom stereocenters. The summed E-state index contributed by atoms with van der Waals surface area (Å²) < 4.78 is 46.7. The molecule has 0 aliphatic carbocycles. The number of rotatable bonds is 7. The first-order chi connectivity index (χ1) is 17.1. The molecule has 2 N–H and O–H groups in total. The van der Waals surface area contributed by atoms with Crippen LogP contribution >= 0.6 is 0 Å². The highest BCUT2D eigenvalue weighted by atomic mass is 32.2. The largest absolute Gasteiger partial charge is 0.497 e. The van der Waals surface area contributed by atoms with Crippen molar-refractivity contribution in [1.29, 1.82) is 0 Å². The van der Waals surface area contributed by atoms with Gasteiger partial charge in [0, 0.05) is 5.56 Å². The molecule has 0 saturated heterocycles. The number of ether oxygens (including phenoxy) is 3. The third kappa shape index (κ3) is 4.74. The molecule has 1 aliphatic heterocycles. The zero-order valence-corrected chi connectivity index (χ0v) is 21.7. The molecular weight excluding hydrogens is 478 g/mol. The van der Waals surface area contributed by atoms with Crippen LogP contribution in [0.25, 0.3) is 5.70 Å². The van der Waals surface area contributed by atoms with E-state index in [9.17, 15) is 8.42 Å². The second-order valence-corrected chi connectivity index (χ2v) is 10.2. The van der Waals surface area contributed by atoms with Gasteiger partial charge in [-0.05, 0) is 74.4 Å². The summed E-state index contributed by atoms with van der Waals surface area (Å²) in [5, 5.41) is -0.198. The van der Waals surface area contributed by atoms with Gasteiger partial charge in [0.05, 0.1) is 19.9 Å². The highest BCUT2D eigenvalue weighted by molar-refractivity contribution is 7.89. The van der Waals surface area contributed by atoms with E-state index in [1.807, 2.05) is 32.9 Å². The van der Waals surface area contributed by atoms with Crippen LogP contribution in [0.4, 0.5) is 5.82 Å². The summed E-state index contributed by atoms with van der Waals surface area (Å²) in [5.41, 5.74) is 9.57. The fourth-order valence-corrected chi connectivity index (χ4v) is 5.73. The second kappa shape index (κ2) is 9.94. The van der Waals surface area contributed by atoms with Gasteiger partial charge in [-0.25, -0.2) is 9.29 Å². The molecule has 2 heterocycles. The van der Waals surface area contributed by atoms with Crippen molar-refractivity contribution in [3.05, 3.63) is 89.0 Å². The molecular formula is C27H29N3O5S.